The van der Waals surface area contributed by atoms with Gasteiger partial charge in [0.1, 0.15) is 5.82 Å². The summed E-state index contributed by atoms with van der Waals surface area (Å²) in [7, 11) is 1.02. The highest BCUT2D eigenvalue weighted by Crippen LogP contribution is 2.39. The Morgan fingerprint density at radius 3 is 2.20 bits per heavy atom. The van der Waals surface area contributed by atoms with Crippen LogP contribution in [-0.4, -0.2) is 31.9 Å². The molecule has 0 bridgehead atoms. The molecule has 0 saturated carbocycles. The number of nitrogens with one attached hydrogen (secondary N) is 1. The third-order valence-electron chi connectivity index (χ3n) is 4.58. The first kappa shape index (κ1) is 19.9. The van der Waals surface area contributed by atoms with Gasteiger partial charge in [0.15, 0.2) is 0 Å². The lowest BCUT2D eigenvalue weighted by Gasteiger charge is -2.32. The number of benzene rings is 1. The lowest BCUT2D eigenvalue weighted by atomic mass is 9.77. The molecular formula is C17H22BF4NO2. The van der Waals surface area contributed by atoms with Crippen molar-refractivity contribution in [3.63, 3.8) is 0 Å². The Hall–Kier alpha value is -1.38. The molecule has 0 aliphatic carbocycles. The molecule has 1 N–H and O–H groups in total. The molecule has 1 aromatic carbocycles. The highest BCUT2D eigenvalue weighted by atomic mass is 19.4. The molecule has 3 nitrogen and oxygen atoms in total. The maximum Gasteiger partial charge on any atom is 0.491 e. The summed E-state index contributed by atoms with van der Waals surface area (Å²) in [6.45, 7) is 7.93. The molecule has 25 heavy (non-hydrogen) atoms. The number of halogens is 4. The van der Waals surface area contributed by atoms with E-state index in [-0.39, 0.29) is 5.56 Å². The molecule has 0 amide bonds. The molecule has 1 aliphatic heterocycles. The molecule has 1 saturated heterocycles. The van der Waals surface area contributed by atoms with Gasteiger partial charge in [-0.2, -0.15) is 13.2 Å². The first-order valence-corrected chi connectivity index (χ1v) is 7.95. The van der Waals surface area contributed by atoms with Crippen LogP contribution in [0.4, 0.5) is 17.6 Å². The maximum atomic E-state index is 13.5. The summed E-state index contributed by atoms with van der Waals surface area (Å²) in [5, 5.41) is 2.95. The Labute approximate surface area is 145 Å². The number of alkyl halides is 3. The standard InChI is InChI=1S/C17H22BF4NO2/c1-15(2)16(3,4)25-18(24-15)12(10-23-5)8-11-6-7-14(19)13(9-11)17(20,21)22/h6-9,23H,10H2,1-5H3. The van der Waals surface area contributed by atoms with Gasteiger partial charge in [0, 0.05) is 6.54 Å². The average Bonchev–Trinajstić information content (AvgIpc) is 2.67. The molecule has 0 atom stereocenters. The summed E-state index contributed by atoms with van der Waals surface area (Å²) in [5.74, 6) is -1.30. The first-order valence-electron chi connectivity index (χ1n) is 7.95. The lowest BCUT2D eigenvalue weighted by molar-refractivity contribution is -0.140. The zero-order chi connectivity index (χ0) is 19.0. The molecule has 8 heteroatoms. The van der Waals surface area contributed by atoms with Gasteiger partial charge in [-0.15, -0.1) is 0 Å². The molecule has 1 heterocycles. The van der Waals surface area contributed by atoms with E-state index in [4.69, 9.17) is 9.31 Å². The first-order chi connectivity index (χ1) is 11.4. The van der Waals surface area contributed by atoms with Crippen LogP contribution in [0.5, 0.6) is 0 Å². The van der Waals surface area contributed by atoms with E-state index in [1.54, 1.807) is 7.05 Å². The Morgan fingerprint density at radius 1 is 1.16 bits per heavy atom. The van der Waals surface area contributed by atoms with E-state index in [0.717, 1.165) is 12.1 Å². The monoisotopic (exact) mass is 359 g/mol. The van der Waals surface area contributed by atoms with E-state index in [0.29, 0.717) is 12.0 Å². The topological polar surface area (TPSA) is 30.5 Å². The fourth-order valence-corrected chi connectivity index (χ4v) is 2.46. The van der Waals surface area contributed by atoms with Crippen molar-refractivity contribution < 1.29 is 26.9 Å². The van der Waals surface area contributed by atoms with Gasteiger partial charge in [0.2, 0.25) is 0 Å². The van der Waals surface area contributed by atoms with Crippen molar-refractivity contribution in [3.8, 4) is 0 Å². The van der Waals surface area contributed by atoms with Gasteiger partial charge in [0.25, 0.3) is 0 Å². The van der Waals surface area contributed by atoms with E-state index in [1.807, 2.05) is 27.7 Å². The smallest absolute Gasteiger partial charge is 0.400 e. The van der Waals surface area contributed by atoms with E-state index in [1.165, 1.54) is 12.1 Å². The van der Waals surface area contributed by atoms with Crippen LogP contribution in [-0.2, 0) is 15.5 Å². The number of rotatable bonds is 4. The van der Waals surface area contributed by atoms with Crippen LogP contribution in [0.2, 0.25) is 0 Å². The van der Waals surface area contributed by atoms with Crippen LogP contribution in [0.15, 0.2) is 23.7 Å². The molecule has 1 fully saturated rings. The number of hydrogen-bond acceptors (Lipinski definition) is 3. The summed E-state index contributed by atoms with van der Waals surface area (Å²) < 4.78 is 64.0. The molecule has 2 rings (SSSR count). The maximum absolute atomic E-state index is 13.5. The Balaban J connectivity index is 2.39. The third kappa shape index (κ3) is 4.24. The number of hydrogen-bond donors (Lipinski definition) is 1. The normalized spacial score (nSPS) is 20.2. The van der Waals surface area contributed by atoms with Crippen molar-refractivity contribution >= 4 is 13.2 Å². The predicted octanol–water partition coefficient (Wildman–Crippen LogP) is 4.08. The fraction of sp³-hybridized carbons (Fsp3) is 0.529. The second kappa shape index (κ2) is 6.74. The second-order valence-corrected chi connectivity index (χ2v) is 7.07. The summed E-state index contributed by atoms with van der Waals surface area (Å²) in [4.78, 5) is 0. The Bertz CT molecular complexity index is 655. The van der Waals surface area contributed by atoms with Gasteiger partial charge in [-0.25, -0.2) is 4.39 Å². The SMILES string of the molecule is CNCC(=Cc1ccc(F)c(C(F)(F)F)c1)B1OC(C)(C)C(C)(C)O1. The van der Waals surface area contributed by atoms with Gasteiger partial charge in [-0.3, -0.25) is 0 Å². The van der Waals surface area contributed by atoms with Gasteiger partial charge >= 0.3 is 13.3 Å². The van der Waals surface area contributed by atoms with Crippen LogP contribution in [0.1, 0.15) is 38.8 Å². The molecule has 1 aliphatic rings. The Kier molecular flexibility index (Phi) is 5.38. The van der Waals surface area contributed by atoms with Crippen molar-refractivity contribution in [1.29, 1.82) is 0 Å². The minimum atomic E-state index is -4.75. The molecule has 1 aromatic rings. The molecule has 0 aromatic heterocycles. The molecular weight excluding hydrogens is 337 g/mol. The van der Waals surface area contributed by atoms with E-state index in [2.05, 4.69) is 5.32 Å². The van der Waals surface area contributed by atoms with Crippen LogP contribution >= 0.6 is 0 Å². The molecule has 0 unspecified atom stereocenters. The van der Waals surface area contributed by atoms with Crippen LogP contribution in [0.3, 0.4) is 0 Å². The van der Waals surface area contributed by atoms with Crippen molar-refractivity contribution in [1.82, 2.24) is 5.32 Å². The zero-order valence-electron chi connectivity index (χ0n) is 14.9. The predicted molar refractivity (Wildman–Crippen MR) is 89.4 cm³/mol. The van der Waals surface area contributed by atoms with Crippen LogP contribution in [0, 0.1) is 5.82 Å². The summed E-state index contributed by atoms with van der Waals surface area (Å²) >= 11 is 0. The van der Waals surface area contributed by atoms with Crippen LogP contribution < -0.4 is 5.32 Å². The fourth-order valence-electron chi connectivity index (χ4n) is 2.46. The average molecular weight is 359 g/mol. The van der Waals surface area contributed by atoms with E-state index in [9.17, 15) is 17.6 Å². The minimum absolute atomic E-state index is 0.230. The Morgan fingerprint density at radius 2 is 1.72 bits per heavy atom. The summed E-state index contributed by atoms with van der Waals surface area (Å²) in [6, 6.07) is 2.90. The van der Waals surface area contributed by atoms with E-state index >= 15 is 0 Å². The van der Waals surface area contributed by atoms with Crippen LogP contribution in [0.25, 0.3) is 6.08 Å². The quantitative estimate of drug-likeness (QED) is 0.649. The summed E-state index contributed by atoms with van der Waals surface area (Å²) in [6.07, 6.45) is -3.21. The number of likely N-dealkylation sites (N-methyl/N-ethyl adjacent to an activating group) is 1. The largest absolute Gasteiger partial charge is 0.491 e. The lowest BCUT2D eigenvalue weighted by Crippen LogP contribution is -2.41. The summed E-state index contributed by atoms with van der Waals surface area (Å²) in [5.41, 5.74) is -1.57. The van der Waals surface area contributed by atoms with Crippen molar-refractivity contribution in [2.24, 2.45) is 0 Å². The minimum Gasteiger partial charge on any atom is -0.400 e. The second-order valence-electron chi connectivity index (χ2n) is 7.07. The third-order valence-corrected chi connectivity index (χ3v) is 4.58. The van der Waals surface area contributed by atoms with Crippen molar-refractivity contribution in [2.75, 3.05) is 13.6 Å². The molecule has 138 valence electrons. The highest BCUT2D eigenvalue weighted by Gasteiger charge is 2.52. The molecule has 0 spiro atoms. The highest BCUT2D eigenvalue weighted by molar-refractivity contribution is 6.55. The van der Waals surface area contributed by atoms with Crippen molar-refractivity contribution in [3.05, 3.63) is 40.6 Å². The van der Waals surface area contributed by atoms with Crippen molar-refractivity contribution in [2.45, 2.75) is 45.1 Å². The molecule has 0 radical (unpaired) electrons. The van der Waals surface area contributed by atoms with Gasteiger partial charge < -0.3 is 14.6 Å². The van der Waals surface area contributed by atoms with Gasteiger partial charge in [-0.05, 0) is 57.9 Å². The zero-order valence-corrected chi connectivity index (χ0v) is 14.9. The van der Waals surface area contributed by atoms with Gasteiger partial charge in [-0.1, -0.05) is 12.1 Å². The van der Waals surface area contributed by atoms with Gasteiger partial charge in [0.05, 0.1) is 16.8 Å². The van der Waals surface area contributed by atoms with E-state index < -0.39 is 35.9 Å².